The van der Waals surface area contributed by atoms with Gasteiger partial charge in [0.1, 0.15) is 11.9 Å². The Hall–Kier alpha value is -2.28. The number of hydrogen-bond donors (Lipinski definition) is 5. The van der Waals surface area contributed by atoms with Gasteiger partial charge in [0, 0.05) is 5.92 Å². The maximum atomic E-state index is 10.6. The summed E-state index contributed by atoms with van der Waals surface area (Å²) >= 11 is 0. The molecule has 0 amide bonds. The van der Waals surface area contributed by atoms with E-state index in [1.807, 2.05) is 0 Å². The molecule has 6 nitrogen and oxygen atoms in total. The molecule has 1 aliphatic rings. The monoisotopic (exact) mass is 318 g/mol. The van der Waals surface area contributed by atoms with Crippen LogP contribution in [0.4, 0.5) is 0 Å². The van der Waals surface area contributed by atoms with Crippen molar-refractivity contribution in [2.24, 2.45) is 0 Å². The molecule has 6 heteroatoms. The zero-order valence-corrected chi connectivity index (χ0v) is 12.2. The van der Waals surface area contributed by atoms with Crippen LogP contribution in [-0.2, 0) is 4.74 Å². The lowest BCUT2D eigenvalue weighted by Gasteiger charge is -2.25. The van der Waals surface area contributed by atoms with Crippen molar-refractivity contribution in [2.45, 2.75) is 24.2 Å². The summed E-state index contributed by atoms with van der Waals surface area (Å²) in [6, 6.07) is 10.4. The molecule has 2 aromatic rings. The molecule has 0 bridgehead atoms. The molecule has 1 saturated heterocycles. The molecule has 1 heterocycles. The van der Waals surface area contributed by atoms with Crippen molar-refractivity contribution < 1.29 is 30.3 Å². The number of rotatable bonds is 3. The lowest BCUT2D eigenvalue weighted by molar-refractivity contribution is -0.0100. The largest absolute Gasteiger partial charge is 0.508 e. The van der Waals surface area contributed by atoms with Crippen molar-refractivity contribution in [2.75, 3.05) is 6.61 Å². The third kappa shape index (κ3) is 2.96. The van der Waals surface area contributed by atoms with Crippen LogP contribution < -0.4 is 0 Å². The second-order valence-electron chi connectivity index (χ2n) is 5.68. The fraction of sp³-hybridized carbons (Fsp3) is 0.294. The molecule has 0 aromatic heterocycles. The highest BCUT2D eigenvalue weighted by Gasteiger charge is 2.42. The van der Waals surface area contributed by atoms with Crippen molar-refractivity contribution in [1.82, 2.24) is 0 Å². The number of ether oxygens (including phenoxy) is 1. The molecule has 23 heavy (non-hydrogen) atoms. The summed E-state index contributed by atoms with van der Waals surface area (Å²) in [6.07, 6.45) is -2.58. The van der Waals surface area contributed by atoms with Crippen molar-refractivity contribution in [1.29, 1.82) is 0 Å². The third-order valence-electron chi connectivity index (χ3n) is 4.16. The Kier molecular flexibility index (Phi) is 4.12. The van der Waals surface area contributed by atoms with Gasteiger partial charge < -0.3 is 30.3 Å². The van der Waals surface area contributed by atoms with Gasteiger partial charge in [0.25, 0.3) is 0 Å². The van der Waals surface area contributed by atoms with E-state index in [9.17, 15) is 25.5 Å². The molecule has 5 N–H and O–H groups in total. The minimum Gasteiger partial charge on any atom is -0.508 e. The molecule has 0 spiro atoms. The number of phenolic OH excluding ortho intramolecular Hbond substituents is 3. The minimum absolute atomic E-state index is 0.0807. The number of aliphatic hydroxyl groups is 2. The van der Waals surface area contributed by atoms with Gasteiger partial charge in [0.05, 0.1) is 18.8 Å². The lowest BCUT2D eigenvalue weighted by Crippen LogP contribution is -2.27. The molecular weight excluding hydrogens is 300 g/mol. The average Bonchev–Trinajstić information content (AvgIpc) is 2.92. The highest BCUT2D eigenvalue weighted by atomic mass is 16.5. The topological polar surface area (TPSA) is 110 Å². The van der Waals surface area contributed by atoms with E-state index in [0.29, 0.717) is 5.56 Å². The summed E-state index contributed by atoms with van der Waals surface area (Å²) in [6.45, 7) is 0.0807. The fourth-order valence-electron chi connectivity index (χ4n) is 2.95. The molecule has 0 aliphatic carbocycles. The first-order valence-electron chi connectivity index (χ1n) is 7.26. The van der Waals surface area contributed by atoms with E-state index in [-0.39, 0.29) is 23.9 Å². The number of phenols is 3. The van der Waals surface area contributed by atoms with Crippen LogP contribution in [-0.4, -0.2) is 44.3 Å². The maximum absolute atomic E-state index is 10.6. The first-order valence-corrected chi connectivity index (χ1v) is 7.26. The molecule has 3 rings (SSSR count). The highest BCUT2D eigenvalue weighted by Crippen LogP contribution is 2.40. The van der Waals surface area contributed by atoms with E-state index in [4.69, 9.17) is 4.74 Å². The van der Waals surface area contributed by atoms with E-state index >= 15 is 0 Å². The van der Waals surface area contributed by atoms with E-state index in [1.54, 1.807) is 12.1 Å². The SMILES string of the molecule is Oc1ccc(C2C(O)COC2C(O)c2ccc(O)c(O)c2)cc1. The van der Waals surface area contributed by atoms with Crippen molar-refractivity contribution >= 4 is 0 Å². The number of aliphatic hydroxyl groups excluding tert-OH is 2. The summed E-state index contributed by atoms with van der Waals surface area (Å²) in [5, 5.41) is 49.1. The summed E-state index contributed by atoms with van der Waals surface area (Å²) in [7, 11) is 0. The molecule has 4 unspecified atom stereocenters. The Morgan fingerprint density at radius 2 is 1.65 bits per heavy atom. The van der Waals surface area contributed by atoms with Gasteiger partial charge in [-0.05, 0) is 35.4 Å². The smallest absolute Gasteiger partial charge is 0.157 e. The number of aromatic hydroxyl groups is 3. The van der Waals surface area contributed by atoms with Gasteiger partial charge in [-0.15, -0.1) is 0 Å². The highest BCUT2D eigenvalue weighted by molar-refractivity contribution is 5.42. The van der Waals surface area contributed by atoms with Gasteiger partial charge in [-0.2, -0.15) is 0 Å². The van der Waals surface area contributed by atoms with Crippen LogP contribution in [0.25, 0.3) is 0 Å². The number of benzene rings is 2. The molecule has 1 aliphatic heterocycles. The molecule has 0 radical (unpaired) electrons. The molecule has 0 saturated carbocycles. The lowest BCUT2D eigenvalue weighted by atomic mass is 9.86. The van der Waals surface area contributed by atoms with Crippen LogP contribution in [0.1, 0.15) is 23.1 Å². The second kappa shape index (κ2) is 6.08. The summed E-state index contributed by atoms with van der Waals surface area (Å²) in [5.41, 5.74) is 1.11. The van der Waals surface area contributed by atoms with E-state index in [0.717, 1.165) is 5.56 Å². The summed E-state index contributed by atoms with van der Waals surface area (Å²) in [5.74, 6) is -0.964. The van der Waals surface area contributed by atoms with Crippen molar-refractivity contribution in [3.05, 3.63) is 53.6 Å². The summed E-state index contributed by atoms with van der Waals surface area (Å²) < 4.78 is 5.54. The first-order chi connectivity index (χ1) is 11.0. The van der Waals surface area contributed by atoms with Crippen molar-refractivity contribution in [3.8, 4) is 17.2 Å². The quantitative estimate of drug-likeness (QED) is 0.547. The molecular formula is C17H18O6. The van der Waals surface area contributed by atoms with Gasteiger partial charge in [-0.1, -0.05) is 18.2 Å². The Morgan fingerprint density at radius 1 is 0.957 bits per heavy atom. The van der Waals surface area contributed by atoms with Gasteiger partial charge in [0.2, 0.25) is 0 Å². The first kappa shape index (κ1) is 15.6. The zero-order valence-electron chi connectivity index (χ0n) is 12.2. The summed E-state index contributed by atoms with van der Waals surface area (Å²) in [4.78, 5) is 0. The predicted octanol–water partition coefficient (Wildman–Crippen LogP) is 1.38. The van der Waals surface area contributed by atoms with Crippen LogP contribution in [0.15, 0.2) is 42.5 Å². The van der Waals surface area contributed by atoms with Crippen LogP contribution >= 0.6 is 0 Å². The Labute approximate surface area is 132 Å². The fourth-order valence-corrected chi connectivity index (χ4v) is 2.95. The van der Waals surface area contributed by atoms with Crippen LogP contribution in [0, 0.1) is 0 Å². The van der Waals surface area contributed by atoms with Gasteiger partial charge in [-0.25, -0.2) is 0 Å². The van der Waals surface area contributed by atoms with Gasteiger partial charge in [-0.3, -0.25) is 0 Å². The number of hydrogen-bond acceptors (Lipinski definition) is 6. The third-order valence-corrected chi connectivity index (χ3v) is 4.16. The van der Waals surface area contributed by atoms with E-state index in [1.165, 1.54) is 30.3 Å². The standard InChI is InChI=1S/C17H18O6/c18-11-4-1-9(2-5-11)15-14(21)8-23-17(15)16(22)10-3-6-12(19)13(20)7-10/h1-7,14-22H,8H2. The second-order valence-corrected chi connectivity index (χ2v) is 5.68. The van der Waals surface area contributed by atoms with Crippen LogP contribution in [0.2, 0.25) is 0 Å². The molecule has 2 aromatic carbocycles. The normalized spacial score (nSPS) is 25.4. The van der Waals surface area contributed by atoms with Crippen LogP contribution in [0.5, 0.6) is 17.2 Å². The van der Waals surface area contributed by atoms with Gasteiger partial charge >= 0.3 is 0 Å². The molecule has 4 atom stereocenters. The van der Waals surface area contributed by atoms with Crippen molar-refractivity contribution in [3.63, 3.8) is 0 Å². The predicted molar refractivity (Wildman–Crippen MR) is 81.3 cm³/mol. The van der Waals surface area contributed by atoms with Gasteiger partial charge in [0.15, 0.2) is 11.5 Å². The van der Waals surface area contributed by atoms with Crippen LogP contribution in [0.3, 0.4) is 0 Å². The molecule has 122 valence electrons. The Bertz CT molecular complexity index is 684. The van der Waals surface area contributed by atoms with E-state index in [2.05, 4.69) is 0 Å². The molecule has 1 fully saturated rings. The minimum atomic E-state index is -1.09. The average molecular weight is 318 g/mol. The Balaban J connectivity index is 1.90. The van der Waals surface area contributed by atoms with E-state index < -0.39 is 24.2 Å². The maximum Gasteiger partial charge on any atom is 0.157 e. The Morgan fingerprint density at radius 3 is 2.30 bits per heavy atom. The zero-order chi connectivity index (χ0) is 16.6.